The van der Waals surface area contributed by atoms with Crippen LogP contribution in [0.5, 0.6) is 0 Å². The van der Waals surface area contributed by atoms with Gasteiger partial charge in [0.15, 0.2) is 0 Å². The largest absolute Gasteiger partial charge is 0.446 e. The van der Waals surface area contributed by atoms with E-state index in [4.69, 9.17) is 0 Å². The summed E-state index contributed by atoms with van der Waals surface area (Å²) in [6.45, 7) is 0.0782. The zero-order valence-electron chi connectivity index (χ0n) is 18.0. The van der Waals surface area contributed by atoms with Crippen molar-refractivity contribution in [1.82, 2.24) is 14.9 Å². The minimum Gasteiger partial charge on any atom is -0.337 e. The van der Waals surface area contributed by atoms with Crippen LogP contribution >= 0.6 is 11.8 Å². The molecule has 0 aliphatic heterocycles. The first-order chi connectivity index (χ1) is 16.7. The second-order valence-electron chi connectivity index (χ2n) is 7.37. The number of nitrogens with one attached hydrogen (secondary N) is 2. The summed E-state index contributed by atoms with van der Waals surface area (Å²) >= 11 is -0.276. The number of benzene rings is 3. The van der Waals surface area contributed by atoms with Gasteiger partial charge in [-0.1, -0.05) is 18.2 Å². The quantitative estimate of drug-likeness (QED) is 0.270. The maximum atomic E-state index is 13.4. The third-order valence-electron chi connectivity index (χ3n) is 4.89. The number of thioether (sulfide) groups is 1. The molecule has 4 aromatic rings. The Morgan fingerprint density at radius 1 is 1.00 bits per heavy atom. The molecule has 180 valence electrons. The summed E-state index contributed by atoms with van der Waals surface area (Å²) in [7, 11) is 0. The van der Waals surface area contributed by atoms with E-state index in [1.807, 2.05) is 0 Å². The van der Waals surface area contributed by atoms with Crippen LogP contribution in [0.4, 0.5) is 28.0 Å². The van der Waals surface area contributed by atoms with Crippen LogP contribution in [0.15, 0.2) is 82.5 Å². The molecule has 35 heavy (non-hydrogen) atoms. The van der Waals surface area contributed by atoms with Crippen LogP contribution in [0.25, 0.3) is 16.6 Å². The standard InChI is InChI=1S/C24H18F4N4O2S/c25-15-8-10-17(11-9-15)32-21(31-20-7-2-1-6-19(20)22(32)33)12-13-29-23(34)30-16-4-3-5-18(14-16)35-24(26,27)28/h1-11,14H,12-13H2,(H2,29,30,34). The molecule has 0 fully saturated rings. The topological polar surface area (TPSA) is 76.0 Å². The van der Waals surface area contributed by atoms with Crippen molar-refractivity contribution in [2.75, 3.05) is 11.9 Å². The Kier molecular flexibility index (Phi) is 7.06. The van der Waals surface area contributed by atoms with Gasteiger partial charge in [0, 0.05) is 23.5 Å². The molecule has 0 saturated heterocycles. The van der Waals surface area contributed by atoms with E-state index in [1.165, 1.54) is 53.1 Å². The molecule has 0 bridgehead atoms. The molecule has 11 heteroatoms. The van der Waals surface area contributed by atoms with Crippen LogP contribution in [-0.4, -0.2) is 27.6 Å². The third-order valence-corrected chi connectivity index (χ3v) is 5.61. The Bertz CT molecular complexity index is 1420. The summed E-state index contributed by atoms with van der Waals surface area (Å²) in [6.07, 6.45) is 0.162. The fourth-order valence-corrected chi connectivity index (χ4v) is 4.04. The number of aromatic nitrogens is 2. The third kappa shape index (κ3) is 6.18. The van der Waals surface area contributed by atoms with E-state index in [-0.39, 0.29) is 40.9 Å². The summed E-state index contributed by atoms with van der Waals surface area (Å²) in [5.74, 6) is -0.0997. The fraction of sp³-hybridized carbons (Fsp3) is 0.125. The number of alkyl halides is 3. The molecule has 0 aliphatic rings. The van der Waals surface area contributed by atoms with Crippen molar-refractivity contribution in [2.24, 2.45) is 0 Å². The zero-order chi connectivity index (χ0) is 25.0. The predicted molar refractivity (Wildman–Crippen MR) is 126 cm³/mol. The van der Waals surface area contributed by atoms with Gasteiger partial charge in [-0.05, 0) is 66.4 Å². The van der Waals surface area contributed by atoms with E-state index in [0.29, 0.717) is 22.4 Å². The molecule has 0 saturated carbocycles. The number of fused-ring (bicyclic) bond motifs is 1. The second kappa shape index (κ2) is 10.2. The molecule has 2 amide bonds. The SMILES string of the molecule is O=C(NCCc1nc2ccccc2c(=O)n1-c1ccc(F)cc1)Nc1cccc(SC(F)(F)F)c1. The number of urea groups is 1. The lowest BCUT2D eigenvalue weighted by Crippen LogP contribution is -2.32. The van der Waals surface area contributed by atoms with E-state index < -0.39 is 17.4 Å². The molecular weight excluding hydrogens is 484 g/mol. The molecule has 0 atom stereocenters. The smallest absolute Gasteiger partial charge is 0.337 e. The lowest BCUT2D eigenvalue weighted by molar-refractivity contribution is -0.0328. The molecular formula is C24H18F4N4O2S. The number of nitrogens with zero attached hydrogens (tertiary/aromatic N) is 2. The van der Waals surface area contributed by atoms with Crippen molar-refractivity contribution in [3.8, 4) is 5.69 Å². The Morgan fingerprint density at radius 3 is 2.49 bits per heavy atom. The molecule has 6 nitrogen and oxygen atoms in total. The Morgan fingerprint density at radius 2 is 1.74 bits per heavy atom. The average molecular weight is 502 g/mol. The van der Waals surface area contributed by atoms with Crippen LogP contribution in [0.1, 0.15) is 5.82 Å². The fourth-order valence-electron chi connectivity index (χ4n) is 3.44. The number of para-hydroxylation sites is 1. The summed E-state index contributed by atoms with van der Waals surface area (Å²) in [5.41, 5.74) is -3.67. The average Bonchev–Trinajstić information content (AvgIpc) is 2.79. The number of hydrogen-bond acceptors (Lipinski definition) is 4. The molecule has 3 aromatic carbocycles. The van der Waals surface area contributed by atoms with Gasteiger partial charge in [0.2, 0.25) is 0 Å². The first-order valence-electron chi connectivity index (χ1n) is 10.4. The number of halogens is 4. The van der Waals surface area contributed by atoms with Crippen molar-refractivity contribution in [1.29, 1.82) is 0 Å². The monoisotopic (exact) mass is 502 g/mol. The second-order valence-corrected chi connectivity index (χ2v) is 8.51. The number of rotatable bonds is 6. The number of anilines is 1. The molecule has 2 N–H and O–H groups in total. The highest BCUT2D eigenvalue weighted by atomic mass is 32.2. The zero-order valence-corrected chi connectivity index (χ0v) is 18.8. The van der Waals surface area contributed by atoms with Gasteiger partial charge in [-0.3, -0.25) is 9.36 Å². The van der Waals surface area contributed by atoms with E-state index in [1.54, 1.807) is 24.3 Å². The van der Waals surface area contributed by atoms with Crippen LogP contribution in [0, 0.1) is 5.82 Å². The minimum absolute atomic E-state index is 0.0565. The Labute approximate surface area is 201 Å². The lowest BCUT2D eigenvalue weighted by Gasteiger charge is -2.14. The maximum absolute atomic E-state index is 13.4. The normalized spacial score (nSPS) is 11.4. The van der Waals surface area contributed by atoms with Crippen molar-refractivity contribution in [3.63, 3.8) is 0 Å². The van der Waals surface area contributed by atoms with Gasteiger partial charge in [0.25, 0.3) is 5.56 Å². The molecule has 0 unspecified atom stereocenters. The van der Waals surface area contributed by atoms with Gasteiger partial charge in [-0.25, -0.2) is 14.2 Å². The summed E-state index contributed by atoms with van der Waals surface area (Å²) in [5, 5.41) is 5.49. The minimum atomic E-state index is -4.44. The van der Waals surface area contributed by atoms with Crippen LogP contribution < -0.4 is 16.2 Å². The van der Waals surface area contributed by atoms with Crippen molar-refractivity contribution >= 4 is 34.4 Å². The van der Waals surface area contributed by atoms with E-state index in [0.717, 1.165) is 0 Å². The van der Waals surface area contributed by atoms with Crippen LogP contribution in [-0.2, 0) is 6.42 Å². The predicted octanol–water partition coefficient (Wildman–Crippen LogP) is 5.50. The highest BCUT2D eigenvalue weighted by Crippen LogP contribution is 2.37. The van der Waals surface area contributed by atoms with Gasteiger partial charge in [-0.15, -0.1) is 0 Å². The van der Waals surface area contributed by atoms with Gasteiger partial charge in [-0.2, -0.15) is 13.2 Å². The number of carbonyl (C=O) groups is 1. The summed E-state index contributed by atoms with van der Waals surface area (Å²) in [4.78, 5) is 29.9. The van der Waals surface area contributed by atoms with Gasteiger partial charge in [0.1, 0.15) is 11.6 Å². The number of carbonyl (C=O) groups excluding carboxylic acids is 1. The van der Waals surface area contributed by atoms with E-state index >= 15 is 0 Å². The molecule has 0 radical (unpaired) electrons. The van der Waals surface area contributed by atoms with Crippen molar-refractivity contribution in [3.05, 3.63) is 94.8 Å². The van der Waals surface area contributed by atoms with E-state index in [9.17, 15) is 27.2 Å². The summed E-state index contributed by atoms with van der Waals surface area (Å²) in [6, 6.07) is 17.0. The molecule has 4 rings (SSSR count). The molecule has 1 aromatic heterocycles. The molecule has 0 aliphatic carbocycles. The number of amides is 2. The highest BCUT2D eigenvalue weighted by Gasteiger charge is 2.29. The van der Waals surface area contributed by atoms with Gasteiger partial charge >= 0.3 is 11.5 Å². The number of hydrogen-bond donors (Lipinski definition) is 2. The molecule has 1 heterocycles. The van der Waals surface area contributed by atoms with Gasteiger partial charge < -0.3 is 10.6 Å². The first-order valence-corrected chi connectivity index (χ1v) is 11.2. The summed E-state index contributed by atoms with van der Waals surface area (Å²) < 4.78 is 52.5. The first kappa shape index (κ1) is 24.3. The van der Waals surface area contributed by atoms with Crippen molar-refractivity contribution in [2.45, 2.75) is 16.8 Å². The van der Waals surface area contributed by atoms with Crippen LogP contribution in [0.2, 0.25) is 0 Å². The van der Waals surface area contributed by atoms with E-state index in [2.05, 4.69) is 15.6 Å². The Balaban J connectivity index is 1.50. The lowest BCUT2D eigenvalue weighted by atomic mass is 10.2. The van der Waals surface area contributed by atoms with Crippen molar-refractivity contribution < 1.29 is 22.4 Å². The Hall–Kier alpha value is -3.86. The molecule has 0 spiro atoms. The van der Waals surface area contributed by atoms with Gasteiger partial charge in [0.05, 0.1) is 16.6 Å². The maximum Gasteiger partial charge on any atom is 0.446 e. The van der Waals surface area contributed by atoms with Crippen LogP contribution in [0.3, 0.4) is 0 Å². The highest BCUT2D eigenvalue weighted by molar-refractivity contribution is 8.00.